The lowest BCUT2D eigenvalue weighted by Gasteiger charge is -2.13. The van der Waals surface area contributed by atoms with Gasteiger partial charge in [0.2, 0.25) is 0 Å². The van der Waals surface area contributed by atoms with E-state index in [1.165, 1.54) is 11.8 Å². The summed E-state index contributed by atoms with van der Waals surface area (Å²) in [7, 11) is 3.95. The van der Waals surface area contributed by atoms with Gasteiger partial charge in [0.15, 0.2) is 5.16 Å². The van der Waals surface area contributed by atoms with Crippen LogP contribution in [0.25, 0.3) is 16.6 Å². The number of anilines is 1. The Hall–Kier alpha value is -3.91. The van der Waals surface area contributed by atoms with Gasteiger partial charge < -0.3 is 4.90 Å². The van der Waals surface area contributed by atoms with Gasteiger partial charge in [0.05, 0.1) is 28.6 Å². The van der Waals surface area contributed by atoms with Crippen molar-refractivity contribution in [2.24, 2.45) is 5.10 Å². The minimum Gasteiger partial charge on any atom is -0.378 e. The van der Waals surface area contributed by atoms with Crippen LogP contribution in [0.4, 0.5) is 5.69 Å². The molecule has 0 atom stereocenters. The van der Waals surface area contributed by atoms with E-state index in [1.807, 2.05) is 86.6 Å². The summed E-state index contributed by atoms with van der Waals surface area (Å²) in [5, 5.41) is 5.03. The molecule has 4 rings (SSSR count). The van der Waals surface area contributed by atoms with Gasteiger partial charge in [-0.05, 0) is 48.9 Å². The third-order valence-electron chi connectivity index (χ3n) is 5.18. The van der Waals surface area contributed by atoms with Crippen molar-refractivity contribution < 1.29 is 4.79 Å². The molecule has 1 N–H and O–H groups in total. The molecule has 1 heterocycles. The van der Waals surface area contributed by atoms with Crippen LogP contribution in [0.15, 0.2) is 87.8 Å². The Bertz CT molecular complexity index is 1390. The number of benzene rings is 3. The fourth-order valence-electron chi connectivity index (χ4n) is 3.33. The summed E-state index contributed by atoms with van der Waals surface area (Å²) >= 11 is 1.20. The van der Waals surface area contributed by atoms with Gasteiger partial charge in [-0.3, -0.25) is 14.2 Å². The fourth-order valence-corrected chi connectivity index (χ4v) is 4.14. The standard InChI is InChI=1S/C26H25N5O2S/c1-18-8-12-21(13-9-18)31-25(33)22-6-4-5-7-23(22)28-26(31)34-17-24(32)29-27-16-19-10-14-20(15-11-19)30(2)3/h4-16H,17H2,1-3H3,(H,29,32)/b27-16+. The first kappa shape index (κ1) is 23.3. The number of hydrogen-bond acceptors (Lipinski definition) is 6. The quantitative estimate of drug-likeness (QED) is 0.191. The first-order chi connectivity index (χ1) is 16.4. The zero-order valence-corrected chi connectivity index (χ0v) is 20.0. The Balaban J connectivity index is 1.51. The number of nitrogens with one attached hydrogen (secondary N) is 1. The van der Waals surface area contributed by atoms with E-state index < -0.39 is 0 Å². The van der Waals surface area contributed by atoms with E-state index in [-0.39, 0.29) is 17.2 Å². The summed E-state index contributed by atoms with van der Waals surface area (Å²) < 4.78 is 1.55. The molecule has 0 aliphatic carbocycles. The van der Waals surface area contributed by atoms with Crippen LogP contribution in [-0.2, 0) is 4.79 Å². The highest BCUT2D eigenvalue weighted by atomic mass is 32.2. The van der Waals surface area contributed by atoms with E-state index in [2.05, 4.69) is 15.5 Å². The molecular weight excluding hydrogens is 446 g/mol. The second-order valence-electron chi connectivity index (χ2n) is 7.96. The summed E-state index contributed by atoms with van der Waals surface area (Å²) in [5.74, 6) is -0.225. The Morgan fingerprint density at radius 3 is 2.47 bits per heavy atom. The second kappa shape index (κ2) is 10.4. The van der Waals surface area contributed by atoms with Crippen molar-refractivity contribution in [3.8, 4) is 5.69 Å². The van der Waals surface area contributed by atoms with Crippen molar-refractivity contribution >= 4 is 40.5 Å². The molecule has 0 saturated carbocycles. The van der Waals surface area contributed by atoms with Crippen LogP contribution < -0.4 is 15.9 Å². The average Bonchev–Trinajstić information content (AvgIpc) is 2.84. The molecule has 0 radical (unpaired) electrons. The number of hydrazone groups is 1. The van der Waals surface area contributed by atoms with Crippen molar-refractivity contribution in [2.75, 3.05) is 24.7 Å². The molecule has 0 aliphatic rings. The van der Waals surface area contributed by atoms with Crippen molar-refractivity contribution in [1.29, 1.82) is 0 Å². The van der Waals surface area contributed by atoms with Crippen LogP contribution in [0.3, 0.4) is 0 Å². The topological polar surface area (TPSA) is 79.6 Å². The van der Waals surface area contributed by atoms with Crippen molar-refractivity contribution in [3.63, 3.8) is 0 Å². The van der Waals surface area contributed by atoms with Crippen LogP contribution in [0.1, 0.15) is 11.1 Å². The normalized spacial score (nSPS) is 11.1. The second-order valence-corrected chi connectivity index (χ2v) is 8.90. The summed E-state index contributed by atoms with van der Waals surface area (Å²) in [5.41, 5.74) is 6.72. The van der Waals surface area contributed by atoms with Crippen LogP contribution in [-0.4, -0.2) is 41.5 Å². The smallest absolute Gasteiger partial charge is 0.266 e. The Morgan fingerprint density at radius 2 is 1.76 bits per heavy atom. The molecule has 8 heteroatoms. The number of thioether (sulfide) groups is 1. The highest BCUT2D eigenvalue weighted by molar-refractivity contribution is 7.99. The molecule has 4 aromatic rings. The van der Waals surface area contributed by atoms with Crippen LogP contribution in [0, 0.1) is 6.92 Å². The predicted molar refractivity (Wildman–Crippen MR) is 139 cm³/mol. The minimum atomic E-state index is -0.288. The van der Waals surface area contributed by atoms with Crippen molar-refractivity contribution in [2.45, 2.75) is 12.1 Å². The van der Waals surface area contributed by atoms with Gasteiger partial charge in [0.25, 0.3) is 11.5 Å². The summed E-state index contributed by atoms with van der Waals surface area (Å²) in [6.07, 6.45) is 1.60. The number of rotatable bonds is 7. The molecule has 0 unspecified atom stereocenters. The molecule has 1 aromatic heterocycles. The maximum Gasteiger partial charge on any atom is 0.266 e. The molecule has 1 amide bonds. The monoisotopic (exact) mass is 471 g/mol. The van der Waals surface area contributed by atoms with E-state index in [9.17, 15) is 9.59 Å². The molecule has 0 bridgehead atoms. The maximum absolute atomic E-state index is 13.3. The van der Waals surface area contributed by atoms with Crippen LogP contribution in [0.5, 0.6) is 0 Å². The summed E-state index contributed by atoms with van der Waals surface area (Å²) in [6, 6.07) is 22.7. The van der Waals surface area contributed by atoms with E-state index in [1.54, 1.807) is 22.9 Å². The van der Waals surface area contributed by atoms with Gasteiger partial charge in [0.1, 0.15) is 0 Å². The van der Waals surface area contributed by atoms with Crippen LogP contribution >= 0.6 is 11.8 Å². The molecule has 0 spiro atoms. The fraction of sp³-hybridized carbons (Fsp3) is 0.154. The molecular formula is C26H25N5O2S. The number of carbonyl (C=O) groups is 1. The van der Waals surface area contributed by atoms with Gasteiger partial charge in [-0.1, -0.05) is 53.7 Å². The maximum atomic E-state index is 13.3. The van der Waals surface area contributed by atoms with Gasteiger partial charge in [-0.25, -0.2) is 10.4 Å². The third kappa shape index (κ3) is 5.35. The first-order valence-electron chi connectivity index (χ1n) is 10.7. The molecule has 0 aliphatic heterocycles. The zero-order chi connectivity index (χ0) is 24.1. The lowest BCUT2D eigenvalue weighted by Crippen LogP contribution is -2.24. The largest absolute Gasteiger partial charge is 0.378 e. The minimum absolute atomic E-state index is 0.0630. The Morgan fingerprint density at radius 1 is 1.06 bits per heavy atom. The highest BCUT2D eigenvalue weighted by Gasteiger charge is 2.14. The number of amides is 1. The SMILES string of the molecule is Cc1ccc(-n2c(SCC(=O)N/N=C/c3ccc(N(C)C)cc3)nc3ccccc3c2=O)cc1. The number of nitrogens with zero attached hydrogens (tertiary/aromatic N) is 4. The highest BCUT2D eigenvalue weighted by Crippen LogP contribution is 2.21. The summed E-state index contributed by atoms with van der Waals surface area (Å²) in [4.78, 5) is 32.4. The number of para-hydroxylation sites is 1. The molecule has 0 fully saturated rings. The summed E-state index contributed by atoms with van der Waals surface area (Å²) in [6.45, 7) is 1.99. The lowest BCUT2D eigenvalue weighted by atomic mass is 10.2. The number of fused-ring (bicyclic) bond motifs is 1. The number of aromatic nitrogens is 2. The lowest BCUT2D eigenvalue weighted by molar-refractivity contribution is -0.118. The number of hydrogen-bond donors (Lipinski definition) is 1. The molecule has 7 nitrogen and oxygen atoms in total. The number of aryl methyl sites for hydroxylation is 1. The van der Waals surface area contributed by atoms with Crippen molar-refractivity contribution in [1.82, 2.24) is 15.0 Å². The zero-order valence-electron chi connectivity index (χ0n) is 19.2. The Kier molecular flexibility index (Phi) is 7.08. The molecule has 172 valence electrons. The van der Waals surface area contributed by atoms with Crippen molar-refractivity contribution in [3.05, 3.63) is 94.3 Å². The van der Waals surface area contributed by atoms with Gasteiger partial charge in [0, 0.05) is 19.8 Å². The third-order valence-corrected chi connectivity index (χ3v) is 6.12. The van der Waals surface area contributed by atoms with E-state index in [0.29, 0.717) is 21.7 Å². The van der Waals surface area contributed by atoms with Gasteiger partial charge in [-0.2, -0.15) is 5.10 Å². The van der Waals surface area contributed by atoms with E-state index in [0.717, 1.165) is 16.8 Å². The van der Waals surface area contributed by atoms with Gasteiger partial charge >= 0.3 is 0 Å². The first-order valence-corrected chi connectivity index (χ1v) is 11.7. The molecule has 3 aromatic carbocycles. The predicted octanol–water partition coefficient (Wildman–Crippen LogP) is 4.00. The van der Waals surface area contributed by atoms with Gasteiger partial charge in [-0.15, -0.1) is 0 Å². The van der Waals surface area contributed by atoms with Crippen LogP contribution in [0.2, 0.25) is 0 Å². The molecule has 34 heavy (non-hydrogen) atoms. The molecule has 0 saturated heterocycles. The Labute approximate surface area is 202 Å². The number of carbonyl (C=O) groups excluding carboxylic acids is 1. The average molecular weight is 472 g/mol. The van der Waals surface area contributed by atoms with E-state index in [4.69, 9.17) is 0 Å². The van der Waals surface area contributed by atoms with E-state index >= 15 is 0 Å².